The van der Waals surface area contributed by atoms with Gasteiger partial charge in [-0.15, -0.1) is 0 Å². The molecule has 3 aromatic rings. The Bertz CT molecular complexity index is 979. The Kier molecular flexibility index (Phi) is 4.23. The SMILES string of the molecule is Cc1ncnc2c1ccn2[C@@H]1C[C@]2(CC[C@@H](c3ccccc3)OC2)[C@@H](O)[C@H]1O. The highest BCUT2D eigenvalue weighted by Crippen LogP contribution is 2.52. The van der Waals surface area contributed by atoms with Gasteiger partial charge in [0.2, 0.25) is 0 Å². The molecule has 5 rings (SSSR count). The zero-order chi connectivity index (χ0) is 19.3. The molecule has 146 valence electrons. The number of aromatic nitrogens is 3. The molecule has 6 heteroatoms. The molecule has 0 bridgehead atoms. The highest BCUT2D eigenvalue weighted by atomic mass is 16.5. The zero-order valence-corrected chi connectivity index (χ0v) is 15.9. The largest absolute Gasteiger partial charge is 0.390 e. The summed E-state index contributed by atoms with van der Waals surface area (Å²) in [7, 11) is 0. The van der Waals surface area contributed by atoms with E-state index in [0.717, 1.165) is 29.6 Å². The summed E-state index contributed by atoms with van der Waals surface area (Å²) in [6.07, 6.45) is 4.24. The van der Waals surface area contributed by atoms with E-state index in [-0.39, 0.29) is 12.1 Å². The predicted octanol–water partition coefficient (Wildman–Crippen LogP) is 2.94. The smallest absolute Gasteiger partial charge is 0.143 e. The van der Waals surface area contributed by atoms with Crippen molar-refractivity contribution in [3.63, 3.8) is 0 Å². The number of aliphatic hydroxyl groups is 2. The number of benzene rings is 1. The van der Waals surface area contributed by atoms with Gasteiger partial charge in [0.05, 0.1) is 30.6 Å². The molecular formula is C22H25N3O3. The Hall–Kier alpha value is -2.28. The monoisotopic (exact) mass is 379 g/mol. The van der Waals surface area contributed by atoms with Gasteiger partial charge < -0.3 is 19.5 Å². The molecule has 1 spiro atoms. The third-order valence-corrected chi connectivity index (χ3v) is 6.67. The molecule has 1 saturated carbocycles. The highest BCUT2D eigenvalue weighted by molar-refractivity contribution is 5.78. The van der Waals surface area contributed by atoms with E-state index >= 15 is 0 Å². The van der Waals surface area contributed by atoms with Crippen molar-refractivity contribution in [1.29, 1.82) is 0 Å². The van der Waals surface area contributed by atoms with Crippen LogP contribution in [-0.4, -0.2) is 43.6 Å². The van der Waals surface area contributed by atoms with Crippen LogP contribution >= 0.6 is 0 Å². The standard InChI is InChI=1S/C22H25N3O3/c1-14-16-8-10-25(21(16)24-13-23-14)17-11-22(20(27)19(17)26)9-7-18(28-12-22)15-5-3-2-4-6-15/h2-6,8,10,13,17-20,26-27H,7,9,11-12H2,1H3/t17-,18+,19+,20+,22+/m1/s1. The summed E-state index contributed by atoms with van der Waals surface area (Å²) in [5.74, 6) is 0. The van der Waals surface area contributed by atoms with Crippen molar-refractivity contribution in [3.05, 3.63) is 60.2 Å². The fourth-order valence-electron chi connectivity index (χ4n) is 5.02. The molecule has 1 saturated heterocycles. The minimum absolute atomic E-state index is 0.0537. The molecular weight excluding hydrogens is 354 g/mol. The fourth-order valence-corrected chi connectivity index (χ4v) is 5.02. The highest BCUT2D eigenvalue weighted by Gasteiger charge is 2.55. The van der Waals surface area contributed by atoms with Crippen molar-refractivity contribution in [3.8, 4) is 0 Å². The molecule has 6 nitrogen and oxygen atoms in total. The lowest BCUT2D eigenvalue weighted by atomic mass is 9.77. The molecule has 2 fully saturated rings. The molecule has 1 aromatic carbocycles. The maximum absolute atomic E-state index is 10.9. The molecule has 0 amide bonds. The van der Waals surface area contributed by atoms with E-state index in [2.05, 4.69) is 22.1 Å². The molecule has 0 unspecified atom stereocenters. The van der Waals surface area contributed by atoms with Gasteiger partial charge in [-0.05, 0) is 37.8 Å². The number of rotatable bonds is 2. The van der Waals surface area contributed by atoms with Crippen LogP contribution < -0.4 is 0 Å². The lowest BCUT2D eigenvalue weighted by Gasteiger charge is -2.40. The van der Waals surface area contributed by atoms with Crippen LogP contribution in [0.2, 0.25) is 0 Å². The van der Waals surface area contributed by atoms with Gasteiger partial charge in [0.15, 0.2) is 0 Å². The minimum atomic E-state index is -0.845. The van der Waals surface area contributed by atoms with Crippen LogP contribution in [0.1, 0.15) is 42.7 Å². The van der Waals surface area contributed by atoms with Gasteiger partial charge in [-0.25, -0.2) is 9.97 Å². The van der Waals surface area contributed by atoms with Crippen LogP contribution in [0, 0.1) is 12.3 Å². The summed E-state index contributed by atoms with van der Waals surface area (Å²) in [6.45, 7) is 2.41. The van der Waals surface area contributed by atoms with Crippen LogP contribution in [0.15, 0.2) is 48.9 Å². The van der Waals surface area contributed by atoms with Crippen molar-refractivity contribution in [2.45, 2.75) is 50.5 Å². The summed E-state index contributed by atoms with van der Waals surface area (Å²) >= 11 is 0. The van der Waals surface area contributed by atoms with Gasteiger partial charge in [-0.3, -0.25) is 0 Å². The predicted molar refractivity (Wildman–Crippen MR) is 105 cm³/mol. The fraction of sp³-hybridized carbons (Fsp3) is 0.455. The Morgan fingerprint density at radius 3 is 2.71 bits per heavy atom. The third kappa shape index (κ3) is 2.67. The first kappa shape index (κ1) is 17.8. The van der Waals surface area contributed by atoms with Crippen molar-refractivity contribution >= 4 is 11.0 Å². The van der Waals surface area contributed by atoms with E-state index in [4.69, 9.17) is 4.74 Å². The van der Waals surface area contributed by atoms with Crippen molar-refractivity contribution in [2.24, 2.45) is 5.41 Å². The van der Waals surface area contributed by atoms with Crippen molar-refractivity contribution < 1.29 is 14.9 Å². The topological polar surface area (TPSA) is 80.4 Å². The van der Waals surface area contributed by atoms with E-state index in [1.54, 1.807) is 6.33 Å². The van der Waals surface area contributed by atoms with Gasteiger partial charge in [-0.1, -0.05) is 30.3 Å². The first-order valence-corrected chi connectivity index (χ1v) is 9.90. The van der Waals surface area contributed by atoms with Gasteiger partial charge in [0.1, 0.15) is 18.1 Å². The second-order valence-electron chi connectivity index (χ2n) is 8.24. The van der Waals surface area contributed by atoms with E-state index < -0.39 is 17.6 Å². The molecule has 1 aliphatic heterocycles. The van der Waals surface area contributed by atoms with Crippen LogP contribution in [0.3, 0.4) is 0 Å². The first-order valence-electron chi connectivity index (χ1n) is 9.90. The number of hydrogen-bond donors (Lipinski definition) is 2. The number of aryl methyl sites for hydroxylation is 1. The molecule has 5 atom stereocenters. The van der Waals surface area contributed by atoms with E-state index in [1.165, 1.54) is 5.56 Å². The Labute approximate surface area is 163 Å². The van der Waals surface area contributed by atoms with Crippen molar-refractivity contribution in [2.75, 3.05) is 6.61 Å². The van der Waals surface area contributed by atoms with Crippen molar-refractivity contribution in [1.82, 2.24) is 14.5 Å². The van der Waals surface area contributed by atoms with Gasteiger partial charge in [-0.2, -0.15) is 0 Å². The molecule has 3 heterocycles. The Morgan fingerprint density at radius 2 is 1.96 bits per heavy atom. The average molecular weight is 379 g/mol. The van der Waals surface area contributed by atoms with Crippen LogP contribution in [-0.2, 0) is 4.74 Å². The van der Waals surface area contributed by atoms with E-state index in [0.29, 0.717) is 13.0 Å². The van der Waals surface area contributed by atoms with Gasteiger partial charge >= 0.3 is 0 Å². The summed E-state index contributed by atoms with van der Waals surface area (Å²) in [5, 5.41) is 22.8. The summed E-state index contributed by atoms with van der Waals surface area (Å²) < 4.78 is 8.18. The molecule has 2 aliphatic rings. The quantitative estimate of drug-likeness (QED) is 0.716. The Balaban J connectivity index is 1.40. The normalized spacial score (nSPS) is 33.0. The molecule has 1 aliphatic carbocycles. The van der Waals surface area contributed by atoms with Gasteiger partial charge in [0.25, 0.3) is 0 Å². The zero-order valence-electron chi connectivity index (χ0n) is 15.9. The Morgan fingerprint density at radius 1 is 1.14 bits per heavy atom. The number of hydrogen-bond acceptors (Lipinski definition) is 5. The summed E-state index contributed by atoms with van der Waals surface area (Å²) in [4.78, 5) is 8.66. The second-order valence-corrected chi connectivity index (χ2v) is 8.24. The molecule has 2 N–H and O–H groups in total. The maximum Gasteiger partial charge on any atom is 0.143 e. The summed E-state index contributed by atoms with van der Waals surface area (Å²) in [5.41, 5.74) is 2.47. The second kappa shape index (κ2) is 6.65. The number of nitrogens with zero attached hydrogens (tertiary/aromatic N) is 3. The number of aliphatic hydroxyl groups excluding tert-OH is 2. The molecule has 28 heavy (non-hydrogen) atoms. The number of fused-ring (bicyclic) bond motifs is 1. The third-order valence-electron chi connectivity index (χ3n) is 6.67. The average Bonchev–Trinajstić information content (AvgIpc) is 3.26. The van der Waals surface area contributed by atoms with Crippen LogP contribution in [0.25, 0.3) is 11.0 Å². The van der Waals surface area contributed by atoms with Crippen LogP contribution in [0.5, 0.6) is 0 Å². The lowest BCUT2D eigenvalue weighted by Crippen LogP contribution is -2.42. The van der Waals surface area contributed by atoms with E-state index in [1.807, 2.05) is 42.0 Å². The summed E-state index contributed by atoms with van der Waals surface area (Å²) in [6, 6.07) is 12.0. The minimum Gasteiger partial charge on any atom is -0.390 e. The number of ether oxygens (including phenoxy) is 1. The van der Waals surface area contributed by atoms with Crippen LogP contribution in [0.4, 0.5) is 0 Å². The first-order chi connectivity index (χ1) is 13.6. The molecule has 2 aromatic heterocycles. The van der Waals surface area contributed by atoms with Gasteiger partial charge in [0, 0.05) is 17.0 Å². The lowest BCUT2D eigenvalue weighted by molar-refractivity contribution is -0.120. The maximum atomic E-state index is 10.9. The molecule has 0 radical (unpaired) electrons. The van der Waals surface area contributed by atoms with E-state index in [9.17, 15) is 10.2 Å².